The molecule has 0 bridgehead atoms. The number of carbonyl (C=O) groups is 2. The van der Waals surface area contributed by atoms with Crippen molar-refractivity contribution in [2.24, 2.45) is 0 Å². The van der Waals surface area contributed by atoms with Gasteiger partial charge >= 0.3 is 5.97 Å². The van der Waals surface area contributed by atoms with E-state index in [0.717, 1.165) is 0 Å². The standard InChI is InChI=1S/C20H23NO5/c1-13(26-17-11-9-16(25-4)10-12-17)18(22)21-15-7-5-14(6-8-15)20(2,3)19(23)24/h5-13H,1-4H3,(H,21,22)(H,23,24). The predicted octanol–water partition coefficient (Wildman–Crippen LogP) is 3.46. The number of aliphatic carboxylic acids is 1. The maximum atomic E-state index is 12.3. The number of carboxylic acids is 1. The lowest BCUT2D eigenvalue weighted by Crippen LogP contribution is -2.30. The second kappa shape index (κ2) is 7.91. The molecule has 26 heavy (non-hydrogen) atoms. The zero-order valence-electron chi connectivity index (χ0n) is 15.3. The van der Waals surface area contributed by atoms with Crippen molar-refractivity contribution >= 4 is 17.6 Å². The van der Waals surface area contributed by atoms with Gasteiger partial charge in [0.05, 0.1) is 12.5 Å². The summed E-state index contributed by atoms with van der Waals surface area (Å²) in [5.74, 6) is 0.0627. The summed E-state index contributed by atoms with van der Waals surface area (Å²) < 4.78 is 10.7. The summed E-state index contributed by atoms with van der Waals surface area (Å²) in [5, 5.41) is 12.0. The van der Waals surface area contributed by atoms with Crippen molar-refractivity contribution in [3.05, 3.63) is 54.1 Å². The van der Waals surface area contributed by atoms with Gasteiger partial charge in [0, 0.05) is 5.69 Å². The molecule has 0 aromatic heterocycles. The molecule has 0 aliphatic heterocycles. The van der Waals surface area contributed by atoms with Gasteiger partial charge in [-0.25, -0.2) is 0 Å². The smallest absolute Gasteiger partial charge is 0.313 e. The van der Waals surface area contributed by atoms with Gasteiger partial charge in [0.25, 0.3) is 5.91 Å². The minimum atomic E-state index is -0.993. The van der Waals surface area contributed by atoms with Crippen molar-refractivity contribution in [1.29, 1.82) is 0 Å². The number of hydrogen-bond donors (Lipinski definition) is 2. The van der Waals surface area contributed by atoms with Gasteiger partial charge < -0.3 is 19.9 Å². The molecule has 138 valence electrons. The Kier molecular flexibility index (Phi) is 5.87. The number of amides is 1. The van der Waals surface area contributed by atoms with E-state index in [-0.39, 0.29) is 5.91 Å². The lowest BCUT2D eigenvalue weighted by molar-refractivity contribution is -0.142. The molecular formula is C20H23NO5. The SMILES string of the molecule is COc1ccc(OC(C)C(=O)Nc2ccc(C(C)(C)C(=O)O)cc2)cc1. The van der Waals surface area contributed by atoms with E-state index in [0.29, 0.717) is 22.7 Å². The van der Waals surface area contributed by atoms with Crippen molar-refractivity contribution in [2.75, 3.05) is 12.4 Å². The second-order valence-electron chi connectivity index (χ2n) is 6.43. The normalized spacial score (nSPS) is 12.2. The van der Waals surface area contributed by atoms with Gasteiger partial charge in [-0.1, -0.05) is 12.1 Å². The molecule has 0 aliphatic carbocycles. The highest BCUT2D eigenvalue weighted by Crippen LogP contribution is 2.25. The van der Waals surface area contributed by atoms with Crippen molar-refractivity contribution < 1.29 is 24.2 Å². The number of anilines is 1. The first kappa shape index (κ1) is 19.3. The molecule has 0 saturated heterocycles. The van der Waals surface area contributed by atoms with Crippen LogP contribution in [0.25, 0.3) is 0 Å². The van der Waals surface area contributed by atoms with Crippen LogP contribution in [0.5, 0.6) is 11.5 Å². The monoisotopic (exact) mass is 357 g/mol. The summed E-state index contributed by atoms with van der Waals surface area (Å²) in [6, 6.07) is 13.7. The quantitative estimate of drug-likeness (QED) is 0.793. The molecule has 1 unspecified atom stereocenters. The molecular weight excluding hydrogens is 334 g/mol. The Balaban J connectivity index is 1.98. The first-order valence-corrected chi connectivity index (χ1v) is 8.19. The maximum absolute atomic E-state index is 12.3. The Hall–Kier alpha value is -3.02. The van der Waals surface area contributed by atoms with E-state index >= 15 is 0 Å². The third kappa shape index (κ3) is 4.53. The van der Waals surface area contributed by atoms with Crippen LogP contribution in [-0.2, 0) is 15.0 Å². The van der Waals surface area contributed by atoms with Gasteiger partial charge in [-0.2, -0.15) is 0 Å². The average Bonchev–Trinajstić information content (AvgIpc) is 2.62. The molecule has 2 aromatic rings. The lowest BCUT2D eigenvalue weighted by Gasteiger charge is -2.20. The molecule has 6 heteroatoms. The van der Waals surface area contributed by atoms with E-state index < -0.39 is 17.5 Å². The van der Waals surface area contributed by atoms with E-state index in [2.05, 4.69) is 5.32 Å². The molecule has 0 fully saturated rings. The molecule has 2 N–H and O–H groups in total. The van der Waals surface area contributed by atoms with Crippen LogP contribution in [0.2, 0.25) is 0 Å². The minimum Gasteiger partial charge on any atom is -0.497 e. The molecule has 0 saturated carbocycles. The topological polar surface area (TPSA) is 84.9 Å². The lowest BCUT2D eigenvalue weighted by atomic mass is 9.85. The first-order valence-electron chi connectivity index (χ1n) is 8.19. The van der Waals surface area contributed by atoms with Crippen LogP contribution in [0.4, 0.5) is 5.69 Å². The second-order valence-corrected chi connectivity index (χ2v) is 6.43. The molecule has 0 spiro atoms. The number of benzene rings is 2. The molecule has 0 aliphatic rings. The van der Waals surface area contributed by atoms with Gasteiger partial charge in [0.2, 0.25) is 0 Å². The maximum Gasteiger partial charge on any atom is 0.313 e. The number of methoxy groups -OCH3 is 1. The van der Waals surface area contributed by atoms with Crippen LogP contribution in [0.1, 0.15) is 26.3 Å². The summed E-state index contributed by atoms with van der Waals surface area (Å²) in [6.07, 6.45) is -0.696. The number of ether oxygens (including phenoxy) is 2. The number of hydrogen-bond acceptors (Lipinski definition) is 4. The van der Waals surface area contributed by atoms with Crippen LogP contribution in [0.15, 0.2) is 48.5 Å². The third-order valence-electron chi connectivity index (χ3n) is 4.15. The van der Waals surface area contributed by atoms with Gasteiger partial charge in [-0.15, -0.1) is 0 Å². The van der Waals surface area contributed by atoms with Gasteiger partial charge in [-0.05, 0) is 62.7 Å². The number of nitrogens with one attached hydrogen (secondary N) is 1. The summed E-state index contributed by atoms with van der Waals surface area (Å²) >= 11 is 0. The van der Waals surface area contributed by atoms with Crippen molar-refractivity contribution in [3.8, 4) is 11.5 Å². The molecule has 2 aromatic carbocycles. The zero-order valence-corrected chi connectivity index (χ0v) is 15.3. The fraction of sp³-hybridized carbons (Fsp3) is 0.300. The van der Waals surface area contributed by atoms with Crippen molar-refractivity contribution in [3.63, 3.8) is 0 Å². The molecule has 0 radical (unpaired) electrons. The van der Waals surface area contributed by atoms with E-state index in [1.165, 1.54) is 0 Å². The van der Waals surface area contributed by atoms with Crippen LogP contribution >= 0.6 is 0 Å². The molecule has 2 rings (SSSR count). The van der Waals surface area contributed by atoms with Gasteiger partial charge in [0.1, 0.15) is 11.5 Å². The highest BCUT2D eigenvalue weighted by molar-refractivity contribution is 5.94. The molecule has 1 amide bonds. The number of rotatable bonds is 7. The number of carboxylic acid groups (broad SMARTS) is 1. The largest absolute Gasteiger partial charge is 0.497 e. The Labute approximate surface area is 152 Å². The van der Waals surface area contributed by atoms with Crippen LogP contribution in [0, 0.1) is 0 Å². The summed E-state index contributed by atoms with van der Waals surface area (Å²) in [4.78, 5) is 23.6. The zero-order chi connectivity index (χ0) is 19.3. The summed E-state index contributed by atoms with van der Waals surface area (Å²) in [6.45, 7) is 4.92. The Bertz CT molecular complexity index is 766. The van der Waals surface area contributed by atoms with Crippen LogP contribution < -0.4 is 14.8 Å². The number of carbonyl (C=O) groups excluding carboxylic acids is 1. The van der Waals surface area contributed by atoms with Crippen molar-refractivity contribution in [1.82, 2.24) is 0 Å². The fourth-order valence-electron chi connectivity index (χ4n) is 2.25. The summed E-state index contributed by atoms with van der Waals surface area (Å²) in [7, 11) is 1.58. The van der Waals surface area contributed by atoms with E-state index in [1.807, 2.05) is 0 Å². The van der Waals surface area contributed by atoms with Gasteiger partial charge in [0.15, 0.2) is 6.10 Å². The molecule has 0 heterocycles. The van der Waals surface area contributed by atoms with Crippen molar-refractivity contribution in [2.45, 2.75) is 32.3 Å². The minimum absolute atomic E-state index is 0.300. The predicted molar refractivity (Wildman–Crippen MR) is 98.8 cm³/mol. The molecule has 1 atom stereocenters. The summed E-state index contributed by atoms with van der Waals surface area (Å²) in [5.41, 5.74) is 0.239. The van der Waals surface area contributed by atoms with E-state index in [4.69, 9.17) is 9.47 Å². The van der Waals surface area contributed by atoms with E-state index in [1.54, 1.807) is 76.4 Å². The van der Waals surface area contributed by atoms with Crippen LogP contribution in [-0.4, -0.2) is 30.2 Å². The van der Waals surface area contributed by atoms with Crippen LogP contribution in [0.3, 0.4) is 0 Å². The third-order valence-corrected chi connectivity index (χ3v) is 4.15. The highest BCUT2D eigenvalue weighted by Gasteiger charge is 2.29. The Morgan fingerprint density at radius 3 is 2.04 bits per heavy atom. The van der Waals surface area contributed by atoms with E-state index in [9.17, 15) is 14.7 Å². The highest BCUT2D eigenvalue weighted by atomic mass is 16.5. The first-order chi connectivity index (χ1) is 12.2. The van der Waals surface area contributed by atoms with Gasteiger partial charge in [-0.3, -0.25) is 9.59 Å². The molecule has 6 nitrogen and oxygen atoms in total. The average molecular weight is 357 g/mol. The Morgan fingerprint density at radius 2 is 1.54 bits per heavy atom. The Morgan fingerprint density at radius 1 is 1.00 bits per heavy atom. The fourth-order valence-corrected chi connectivity index (χ4v) is 2.25.